The van der Waals surface area contributed by atoms with E-state index in [9.17, 15) is 9.59 Å². The lowest BCUT2D eigenvalue weighted by atomic mass is 9.44. The van der Waals surface area contributed by atoms with Gasteiger partial charge in [-0.3, -0.25) is 20.4 Å². The van der Waals surface area contributed by atoms with Gasteiger partial charge in [0.2, 0.25) is 11.8 Å². The van der Waals surface area contributed by atoms with Crippen molar-refractivity contribution in [3.8, 4) is 0 Å². The molecule has 4 heteroatoms. The predicted octanol–water partition coefficient (Wildman–Crippen LogP) is 4.35. The molecule has 8 fully saturated rings. The van der Waals surface area contributed by atoms with E-state index in [1.54, 1.807) is 0 Å². The van der Waals surface area contributed by atoms with Crippen molar-refractivity contribution in [2.75, 3.05) is 0 Å². The fourth-order valence-electron chi connectivity index (χ4n) is 10.4. The second-order valence-corrected chi connectivity index (χ2v) is 13.0. The molecule has 154 valence electrons. The van der Waals surface area contributed by atoms with Crippen molar-refractivity contribution in [2.45, 2.75) is 90.9 Å². The third-order valence-electron chi connectivity index (χ3n) is 9.96. The molecule has 8 aliphatic rings. The normalized spacial score (nSPS) is 55.4. The fraction of sp³-hybridized carbons (Fsp3) is 0.917. The first-order valence-electron chi connectivity index (χ1n) is 11.8. The first-order chi connectivity index (χ1) is 13.2. The fourth-order valence-corrected chi connectivity index (χ4v) is 10.4. The van der Waals surface area contributed by atoms with Crippen LogP contribution in [0.4, 0.5) is 0 Å². The quantitative estimate of drug-likeness (QED) is 0.696. The SMILES string of the molecule is CC12C[C@H]3C[C@@H](C1)CC(C(=O)NNC(=O)C14C[C@H]5C[C@@H](CC(C)(C5)C1)C4)(C3)C2. The molecule has 6 atom stereocenters. The Hall–Kier alpha value is -1.06. The van der Waals surface area contributed by atoms with Gasteiger partial charge < -0.3 is 0 Å². The zero-order chi connectivity index (χ0) is 19.4. The van der Waals surface area contributed by atoms with Gasteiger partial charge in [0.25, 0.3) is 0 Å². The van der Waals surface area contributed by atoms with Gasteiger partial charge in [-0.2, -0.15) is 0 Å². The zero-order valence-corrected chi connectivity index (χ0v) is 17.6. The number of carbonyl (C=O) groups is 2. The van der Waals surface area contributed by atoms with Crippen LogP contribution < -0.4 is 10.9 Å². The molecule has 0 spiro atoms. The molecule has 0 aliphatic heterocycles. The van der Waals surface area contributed by atoms with Crippen molar-refractivity contribution in [3.05, 3.63) is 0 Å². The summed E-state index contributed by atoms with van der Waals surface area (Å²) in [5, 5.41) is 0. The van der Waals surface area contributed by atoms with Gasteiger partial charge in [0.05, 0.1) is 10.8 Å². The summed E-state index contributed by atoms with van der Waals surface area (Å²) in [4.78, 5) is 26.6. The van der Waals surface area contributed by atoms with Crippen LogP contribution in [0.25, 0.3) is 0 Å². The standard InChI is InChI=1S/C24H36N2O2/c1-21-5-15-3-16(6-21)10-23(9-15,13-21)19(27)25-26-20(28)24-11-17-4-18(12-24)8-22(2,7-17)14-24/h15-18H,3-14H2,1-2H3,(H,25,27)(H,26,28)/t15-,16-,17-,18+,21?,22?,23?,24?/m0/s1. The van der Waals surface area contributed by atoms with Crippen molar-refractivity contribution in [3.63, 3.8) is 0 Å². The smallest absolute Gasteiger partial charge is 0.244 e. The average Bonchev–Trinajstić information content (AvgIpc) is 2.54. The molecule has 2 amide bonds. The van der Waals surface area contributed by atoms with Gasteiger partial charge in [0.15, 0.2) is 0 Å². The highest BCUT2D eigenvalue weighted by Gasteiger charge is 2.60. The van der Waals surface area contributed by atoms with Crippen molar-refractivity contribution in [1.29, 1.82) is 0 Å². The molecule has 8 rings (SSSR count). The van der Waals surface area contributed by atoms with E-state index < -0.39 is 0 Å². The number of hydrogen-bond acceptors (Lipinski definition) is 2. The molecule has 0 aromatic rings. The first-order valence-corrected chi connectivity index (χ1v) is 11.8. The lowest BCUT2D eigenvalue weighted by Gasteiger charge is -2.61. The van der Waals surface area contributed by atoms with Crippen molar-refractivity contribution >= 4 is 11.8 Å². The van der Waals surface area contributed by atoms with Crippen molar-refractivity contribution in [2.24, 2.45) is 45.3 Å². The maximum atomic E-state index is 13.3. The number of nitrogens with one attached hydrogen (secondary N) is 2. The average molecular weight is 385 g/mol. The topological polar surface area (TPSA) is 58.2 Å². The molecule has 28 heavy (non-hydrogen) atoms. The van der Waals surface area contributed by atoms with Crippen LogP contribution in [0, 0.1) is 45.3 Å². The van der Waals surface area contributed by atoms with Crippen LogP contribution in [0.3, 0.4) is 0 Å². The molecule has 0 aromatic heterocycles. The number of hydrazine groups is 1. The van der Waals surface area contributed by atoms with E-state index in [0.29, 0.717) is 10.8 Å². The lowest BCUT2D eigenvalue weighted by Crippen LogP contribution is -2.62. The molecule has 8 bridgehead atoms. The van der Waals surface area contributed by atoms with Crippen LogP contribution in [0.2, 0.25) is 0 Å². The van der Waals surface area contributed by atoms with Crippen LogP contribution in [0.5, 0.6) is 0 Å². The Morgan fingerprint density at radius 2 is 0.929 bits per heavy atom. The van der Waals surface area contributed by atoms with E-state index in [1.165, 1.54) is 38.5 Å². The number of carbonyl (C=O) groups excluding carboxylic acids is 2. The molecule has 2 N–H and O–H groups in total. The summed E-state index contributed by atoms with van der Waals surface area (Å²) in [6, 6.07) is 0. The molecular weight excluding hydrogens is 348 g/mol. The van der Waals surface area contributed by atoms with Crippen LogP contribution >= 0.6 is 0 Å². The largest absolute Gasteiger partial charge is 0.273 e. The van der Waals surface area contributed by atoms with E-state index in [0.717, 1.165) is 62.2 Å². The van der Waals surface area contributed by atoms with Gasteiger partial charge in [-0.05, 0) is 112 Å². The maximum absolute atomic E-state index is 13.3. The van der Waals surface area contributed by atoms with Gasteiger partial charge in [-0.15, -0.1) is 0 Å². The molecule has 0 aromatic carbocycles. The van der Waals surface area contributed by atoms with E-state index in [-0.39, 0.29) is 22.6 Å². The van der Waals surface area contributed by atoms with E-state index in [2.05, 4.69) is 24.7 Å². The lowest BCUT2D eigenvalue weighted by molar-refractivity contribution is -0.163. The second kappa shape index (κ2) is 5.35. The summed E-state index contributed by atoms with van der Waals surface area (Å²) in [5.74, 6) is 3.09. The minimum atomic E-state index is -0.223. The van der Waals surface area contributed by atoms with E-state index in [1.807, 2.05) is 0 Å². The minimum Gasteiger partial charge on any atom is -0.273 e. The predicted molar refractivity (Wildman–Crippen MR) is 107 cm³/mol. The van der Waals surface area contributed by atoms with Gasteiger partial charge in [0.1, 0.15) is 0 Å². The van der Waals surface area contributed by atoms with Gasteiger partial charge >= 0.3 is 0 Å². The number of amides is 2. The summed E-state index contributed by atoms with van der Waals surface area (Å²) in [7, 11) is 0. The molecule has 8 saturated carbocycles. The van der Waals surface area contributed by atoms with Crippen LogP contribution in [0.15, 0.2) is 0 Å². The Labute approximate surface area is 168 Å². The highest BCUT2D eigenvalue weighted by atomic mass is 16.2. The van der Waals surface area contributed by atoms with Crippen LogP contribution in [-0.2, 0) is 9.59 Å². The van der Waals surface area contributed by atoms with Crippen molar-refractivity contribution < 1.29 is 9.59 Å². The number of hydrogen-bond donors (Lipinski definition) is 2. The maximum Gasteiger partial charge on any atom is 0.244 e. The van der Waals surface area contributed by atoms with Gasteiger partial charge in [-0.1, -0.05) is 13.8 Å². The zero-order valence-electron chi connectivity index (χ0n) is 17.6. The Morgan fingerprint density at radius 1 is 0.607 bits per heavy atom. The monoisotopic (exact) mass is 384 g/mol. The molecular formula is C24H36N2O2. The summed E-state index contributed by atoms with van der Waals surface area (Å²) in [5.41, 5.74) is 6.16. The van der Waals surface area contributed by atoms with Crippen LogP contribution in [0.1, 0.15) is 90.9 Å². The van der Waals surface area contributed by atoms with E-state index >= 15 is 0 Å². The Balaban J connectivity index is 1.16. The molecule has 8 aliphatic carbocycles. The highest BCUT2D eigenvalue weighted by molar-refractivity contribution is 5.88. The molecule has 0 heterocycles. The Kier molecular flexibility index (Phi) is 3.39. The second-order valence-electron chi connectivity index (χ2n) is 13.0. The third-order valence-corrected chi connectivity index (χ3v) is 9.96. The third kappa shape index (κ3) is 2.48. The molecule has 0 radical (unpaired) electrons. The van der Waals surface area contributed by atoms with Gasteiger partial charge in [0, 0.05) is 0 Å². The van der Waals surface area contributed by atoms with E-state index in [4.69, 9.17) is 0 Å². The summed E-state index contributed by atoms with van der Waals surface area (Å²) in [6.45, 7) is 4.78. The molecule has 4 nitrogen and oxygen atoms in total. The summed E-state index contributed by atoms with van der Waals surface area (Å²) >= 11 is 0. The minimum absolute atomic E-state index is 0.108. The summed E-state index contributed by atoms with van der Waals surface area (Å²) in [6.07, 6.45) is 14.0. The summed E-state index contributed by atoms with van der Waals surface area (Å²) < 4.78 is 0. The molecule has 2 unspecified atom stereocenters. The Bertz CT molecular complexity index is 653. The number of rotatable bonds is 2. The highest BCUT2D eigenvalue weighted by Crippen LogP contribution is 2.66. The van der Waals surface area contributed by atoms with Crippen molar-refractivity contribution in [1.82, 2.24) is 10.9 Å². The molecule has 0 saturated heterocycles. The Morgan fingerprint density at radius 3 is 1.21 bits per heavy atom. The first kappa shape index (κ1) is 17.8. The van der Waals surface area contributed by atoms with Gasteiger partial charge in [-0.25, -0.2) is 0 Å². The van der Waals surface area contributed by atoms with Crippen LogP contribution in [-0.4, -0.2) is 11.8 Å².